The summed E-state index contributed by atoms with van der Waals surface area (Å²) in [7, 11) is 0. The number of thiophene rings is 1. The van der Waals surface area contributed by atoms with Gasteiger partial charge in [-0.3, -0.25) is 4.90 Å². The first kappa shape index (κ1) is 15.3. The van der Waals surface area contributed by atoms with Crippen LogP contribution in [-0.4, -0.2) is 29.7 Å². The molecule has 1 aromatic heterocycles. The quantitative estimate of drug-likeness (QED) is 0.903. The highest BCUT2D eigenvalue weighted by Crippen LogP contribution is 2.45. The molecule has 1 saturated carbocycles. The first-order chi connectivity index (χ1) is 9.94. The summed E-state index contributed by atoms with van der Waals surface area (Å²) in [5, 5.41) is 2.07. The minimum Gasteiger partial charge on any atom is -0.329 e. The lowest BCUT2D eigenvalue weighted by Crippen LogP contribution is -2.58. The summed E-state index contributed by atoms with van der Waals surface area (Å²) < 4.78 is 39.4. The fourth-order valence-corrected chi connectivity index (χ4v) is 4.76. The van der Waals surface area contributed by atoms with Gasteiger partial charge < -0.3 is 5.73 Å². The fraction of sp³-hybridized carbons (Fsp3) is 0.733. The molecule has 2 nitrogen and oxygen atoms in total. The van der Waals surface area contributed by atoms with Crippen molar-refractivity contribution in [1.82, 2.24) is 4.90 Å². The molecule has 6 heteroatoms. The van der Waals surface area contributed by atoms with Crippen molar-refractivity contribution in [3.05, 3.63) is 21.9 Å². The second-order valence-corrected chi connectivity index (χ2v) is 7.30. The third kappa shape index (κ3) is 2.85. The van der Waals surface area contributed by atoms with Gasteiger partial charge in [-0.15, -0.1) is 11.3 Å². The minimum atomic E-state index is -4.09. The summed E-state index contributed by atoms with van der Waals surface area (Å²) >= 11 is 1.75. The van der Waals surface area contributed by atoms with Crippen LogP contribution in [-0.2, 0) is 13.0 Å². The predicted molar refractivity (Wildman–Crippen MR) is 78.2 cm³/mol. The van der Waals surface area contributed by atoms with Crippen LogP contribution in [0.15, 0.2) is 11.4 Å². The van der Waals surface area contributed by atoms with E-state index in [1.54, 1.807) is 11.3 Å². The molecule has 0 saturated heterocycles. The molecule has 2 heterocycles. The maximum atomic E-state index is 13.1. The van der Waals surface area contributed by atoms with Crippen molar-refractivity contribution in [2.24, 2.45) is 11.7 Å². The molecule has 3 rings (SSSR count). The van der Waals surface area contributed by atoms with Crippen LogP contribution in [0.4, 0.5) is 13.2 Å². The summed E-state index contributed by atoms with van der Waals surface area (Å²) in [6.07, 6.45) is -1.34. The van der Waals surface area contributed by atoms with Crippen molar-refractivity contribution < 1.29 is 13.2 Å². The molecule has 0 bridgehead atoms. The van der Waals surface area contributed by atoms with Crippen LogP contribution in [0.3, 0.4) is 0 Å². The van der Waals surface area contributed by atoms with Crippen molar-refractivity contribution in [2.45, 2.75) is 50.4 Å². The summed E-state index contributed by atoms with van der Waals surface area (Å²) in [6, 6.07) is 2.10. The van der Waals surface area contributed by atoms with E-state index in [-0.39, 0.29) is 12.8 Å². The molecule has 0 spiro atoms. The summed E-state index contributed by atoms with van der Waals surface area (Å²) in [4.78, 5) is 3.60. The summed E-state index contributed by atoms with van der Waals surface area (Å²) in [6.45, 7) is 1.90. The Kier molecular flexibility index (Phi) is 4.05. The van der Waals surface area contributed by atoms with E-state index in [0.717, 1.165) is 25.9 Å². The Hall–Kier alpha value is -0.590. The first-order valence-electron chi connectivity index (χ1n) is 7.52. The fourth-order valence-electron chi connectivity index (χ4n) is 3.87. The first-order valence-corrected chi connectivity index (χ1v) is 8.40. The lowest BCUT2D eigenvalue weighted by Gasteiger charge is -2.49. The average Bonchev–Trinajstić information content (AvgIpc) is 2.93. The molecule has 2 atom stereocenters. The molecule has 1 aliphatic carbocycles. The number of alkyl halides is 3. The molecule has 1 aromatic rings. The van der Waals surface area contributed by atoms with Crippen LogP contribution >= 0.6 is 11.3 Å². The van der Waals surface area contributed by atoms with Gasteiger partial charge >= 0.3 is 6.18 Å². The van der Waals surface area contributed by atoms with Crippen molar-refractivity contribution in [2.75, 3.05) is 13.1 Å². The Balaban J connectivity index is 1.81. The molecule has 0 amide bonds. The van der Waals surface area contributed by atoms with Crippen molar-refractivity contribution in [1.29, 1.82) is 0 Å². The van der Waals surface area contributed by atoms with Crippen molar-refractivity contribution >= 4 is 11.3 Å². The Morgan fingerprint density at radius 2 is 2.24 bits per heavy atom. The van der Waals surface area contributed by atoms with Gasteiger partial charge in [-0.1, -0.05) is 6.42 Å². The number of nitrogens with two attached hydrogens (primary N) is 1. The van der Waals surface area contributed by atoms with Gasteiger partial charge in [0.25, 0.3) is 0 Å². The second-order valence-electron chi connectivity index (χ2n) is 6.30. The molecular formula is C15H21F3N2S. The number of nitrogens with zero attached hydrogens (tertiary/aromatic N) is 1. The molecular weight excluding hydrogens is 297 g/mol. The highest BCUT2D eigenvalue weighted by Gasteiger charge is 2.49. The van der Waals surface area contributed by atoms with E-state index >= 15 is 0 Å². The Morgan fingerprint density at radius 3 is 2.95 bits per heavy atom. The maximum absolute atomic E-state index is 13.1. The summed E-state index contributed by atoms with van der Waals surface area (Å²) in [5.41, 5.74) is 6.76. The molecule has 1 aliphatic heterocycles. The van der Waals surface area contributed by atoms with Gasteiger partial charge in [-0.25, -0.2) is 0 Å². The van der Waals surface area contributed by atoms with Crippen LogP contribution in [0.5, 0.6) is 0 Å². The highest BCUT2D eigenvalue weighted by atomic mass is 32.1. The molecule has 2 N–H and O–H groups in total. The van der Waals surface area contributed by atoms with E-state index in [9.17, 15) is 13.2 Å². The third-order valence-corrected chi connectivity index (χ3v) is 6.17. The molecule has 0 radical (unpaired) electrons. The van der Waals surface area contributed by atoms with Gasteiger partial charge in [0.2, 0.25) is 0 Å². The lowest BCUT2D eigenvalue weighted by molar-refractivity contribution is -0.194. The zero-order valence-electron chi connectivity index (χ0n) is 12.0. The molecule has 21 heavy (non-hydrogen) atoms. The molecule has 0 aromatic carbocycles. The number of fused-ring (bicyclic) bond motifs is 1. The van der Waals surface area contributed by atoms with Crippen LogP contribution in [0, 0.1) is 5.92 Å². The van der Waals surface area contributed by atoms with Gasteiger partial charge in [0, 0.05) is 30.1 Å². The van der Waals surface area contributed by atoms with E-state index in [4.69, 9.17) is 5.73 Å². The topological polar surface area (TPSA) is 29.3 Å². The molecule has 2 aliphatic rings. The molecule has 118 valence electrons. The number of hydrogen-bond acceptors (Lipinski definition) is 3. The second kappa shape index (κ2) is 5.56. The zero-order chi connectivity index (χ0) is 15.1. The average molecular weight is 318 g/mol. The van der Waals surface area contributed by atoms with Crippen LogP contribution in [0.2, 0.25) is 0 Å². The van der Waals surface area contributed by atoms with Crippen molar-refractivity contribution in [3.8, 4) is 0 Å². The smallest absolute Gasteiger partial charge is 0.329 e. The molecule has 2 unspecified atom stereocenters. The van der Waals surface area contributed by atoms with E-state index in [1.165, 1.54) is 10.4 Å². The Bertz CT molecular complexity index is 499. The van der Waals surface area contributed by atoms with E-state index in [2.05, 4.69) is 16.3 Å². The van der Waals surface area contributed by atoms with E-state index < -0.39 is 17.6 Å². The highest BCUT2D eigenvalue weighted by molar-refractivity contribution is 7.10. The normalized spacial score (nSPS) is 31.1. The molecule has 1 fully saturated rings. The zero-order valence-corrected chi connectivity index (χ0v) is 12.8. The number of hydrogen-bond donors (Lipinski definition) is 1. The Morgan fingerprint density at radius 1 is 1.43 bits per heavy atom. The van der Waals surface area contributed by atoms with Crippen molar-refractivity contribution in [3.63, 3.8) is 0 Å². The predicted octanol–water partition coefficient (Wildman–Crippen LogP) is 3.56. The lowest BCUT2D eigenvalue weighted by atomic mass is 9.73. The van der Waals surface area contributed by atoms with Gasteiger partial charge in [-0.05, 0) is 42.7 Å². The monoisotopic (exact) mass is 318 g/mol. The number of rotatable bonds is 2. The van der Waals surface area contributed by atoms with Crippen LogP contribution in [0.1, 0.15) is 36.1 Å². The van der Waals surface area contributed by atoms with Crippen LogP contribution < -0.4 is 5.73 Å². The third-order valence-electron chi connectivity index (χ3n) is 5.14. The maximum Gasteiger partial charge on any atom is 0.391 e. The van der Waals surface area contributed by atoms with Gasteiger partial charge in [0.1, 0.15) is 0 Å². The summed E-state index contributed by atoms with van der Waals surface area (Å²) in [5.74, 6) is -1.20. The van der Waals surface area contributed by atoms with Gasteiger partial charge in [-0.2, -0.15) is 13.2 Å². The van der Waals surface area contributed by atoms with E-state index in [1.807, 2.05) is 0 Å². The Labute approximate surface area is 127 Å². The largest absolute Gasteiger partial charge is 0.391 e. The van der Waals surface area contributed by atoms with Gasteiger partial charge in [0.15, 0.2) is 0 Å². The minimum absolute atomic E-state index is 0.159. The van der Waals surface area contributed by atoms with Crippen LogP contribution in [0.25, 0.3) is 0 Å². The standard InChI is InChI=1S/C15H21F3N2S/c16-15(17,18)12-2-1-5-14(8-12,10-19)20-6-3-13-11(9-20)4-7-21-13/h4,7,12H,1-3,5-6,8-10,19H2. The van der Waals surface area contributed by atoms with E-state index in [0.29, 0.717) is 13.0 Å². The van der Waals surface area contributed by atoms with Gasteiger partial charge in [0.05, 0.1) is 5.92 Å². The number of halogens is 3. The SMILES string of the molecule is NCC1(N2CCc3sccc3C2)CCCC(C(F)(F)F)C1.